The molecule has 0 aromatic heterocycles. The second kappa shape index (κ2) is 6.39. The molecule has 1 amide bonds. The molecule has 1 aromatic rings. The summed E-state index contributed by atoms with van der Waals surface area (Å²) < 4.78 is 0.814. The Bertz CT molecular complexity index is 642. The van der Waals surface area contributed by atoms with Crippen molar-refractivity contribution in [1.82, 2.24) is 5.43 Å². The van der Waals surface area contributed by atoms with Crippen molar-refractivity contribution in [3.05, 3.63) is 34.3 Å². The van der Waals surface area contributed by atoms with Gasteiger partial charge in [-0.2, -0.15) is 5.10 Å². The van der Waals surface area contributed by atoms with Crippen molar-refractivity contribution in [2.45, 2.75) is 44.9 Å². The topological polar surface area (TPSA) is 41.5 Å². The van der Waals surface area contributed by atoms with E-state index in [4.69, 9.17) is 0 Å². The van der Waals surface area contributed by atoms with E-state index in [0.29, 0.717) is 11.5 Å². The number of hydrogen-bond acceptors (Lipinski definition) is 2. The molecule has 3 aliphatic rings. The molecular weight excluding hydrogens is 352 g/mol. The van der Waals surface area contributed by atoms with Gasteiger partial charge >= 0.3 is 0 Å². The first-order valence-electron chi connectivity index (χ1n) is 8.87. The van der Waals surface area contributed by atoms with E-state index in [2.05, 4.69) is 26.5 Å². The highest BCUT2D eigenvalue weighted by Gasteiger charge is 2.54. The molecule has 3 aliphatic carbocycles. The van der Waals surface area contributed by atoms with Gasteiger partial charge in [0.2, 0.25) is 0 Å². The molecule has 0 spiro atoms. The second-order valence-electron chi connectivity index (χ2n) is 7.22. The number of carbonyl (C=O) groups is 1. The Labute approximate surface area is 146 Å². The van der Waals surface area contributed by atoms with Crippen LogP contribution in [-0.2, 0) is 0 Å². The highest BCUT2D eigenvalue weighted by molar-refractivity contribution is 9.10. The molecule has 23 heavy (non-hydrogen) atoms. The summed E-state index contributed by atoms with van der Waals surface area (Å²) in [7, 11) is 0. The van der Waals surface area contributed by atoms with E-state index in [0.717, 1.165) is 28.6 Å². The lowest BCUT2D eigenvalue weighted by Gasteiger charge is -2.48. The first-order valence-corrected chi connectivity index (χ1v) is 9.66. The average Bonchev–Trinajstić information content (AvgIpc) is 2.78. The maximum Gasteiger partial charge on any atom is 0.272 e. The fourth-order valence-corrected chi connectivity index (χ4v) is 5.57. The minimum absolute atomic E-state index is 0.120. The maximum atomic E-state index is 12.3. The maximum absolute atomic E-state index is 12.3. The number of hydrazone groups is 1. The fraction of sp³-hybridized carbons (Fsp3) is 0.579. The number of amides is 1. The number of rotatable bonds is 2. The van der Waals surface area contributed by atoms with Gasteiger partial charge in [0.05, 0.1) is 5.56 Å². The molecule has 3 nitrogen and oxygen atoms in total. The van der Waals surface area contributed by atoms with Crippen molar-refractivity contribution in [2.24, 2.45) is 28.8 Å². The number of carbonyl (C=O) groups excluding carboxylic acids is 1. The van der Waals surface area contributed by atoms with Crippen molar-refractivity contribution >= 4 is 27.5 Å². The molecule has 122 valence electrons. The van der Waals surface area contributed by atoms with Gasteiger partial charge in [-0.25, -0.2) is 5.43 Å². The molecule has 1 unspecified atom stereocenters. The molecule has 3 saturated carbocycles. The Morgan fingerprint density at radius 2 is 1.78 bits per heavy atom. The lowest BCUT2D eigenvalue weighted by molar-refractivity contribution is 0.0280. The number of hydrogen-bond donors (Lipinski definition) is 1. The van der Waals surface area contributed by atoms with Gasteiger partial charge in [0.1, 0.15) is 0 Å². The first kappa shape index (κ1) is 15.4. The summed E-state index contributed by atoms with van der Waals surface area (Å²) in [6.45, 7) is 0. The van der Waals surface area contributed by atoms with Crippen LogP contribution >= 0.6 is 15.9 Å². The number of nitrogens with one attached hydrogen (secondary N) is 1. The van der Waals surface area contributed by atoms with Crippen molar-refractivity contribution in [2.75, 3.05) is 0 Å². The molecule has 0 bridgehead atoms. The molecule has 0 radical (unpaired) electrons. The zero-order chi connectivity index (χ0) is 15.8. The van der Waals surface area contributed by atoms with Crippen LogP contribution in [0.1, 0.15) is 55.3 Å². The van der Waals surface area contributed by atoms with Gasteiger partial charge in [-0.15, -0.1) is 0 Å². The Hall–Kier alpha value is -1.16. The van der Waals surface area contributed by atoms with Gasteiger partial charge in [0, 0.05) is 16.1 Å². The number of halogens is 1. The predicted octanol–water partition coefficient (Wildman–Crippen LogP) is 4.77. The molecule has 0 aliphatic heterocycles. The van der Waals surface area contributed by atoms with Crippen LogP contribution in [0.5, 0.6) is 0 Å². The van der Waals surface area contributed by atoms with Crippen LogP contribution in [0.3, 0.4) is 0 Å². The molecule has 4 rings (SSSR count). The normalized spacial score (nSPS) is 34.2. The fourth-order valence-electron chi connectivity index (χ4n) is 5.11. The number of fused-ring (bicyclic) bond motifs is 4. The monoisotopic (exact) mass is 374 g/mol. The summed E-state index contributed by atoms with van der Waals surface area (Å²) >= 11 is 3.43. The average molecular weight is 375 g/mol. The van der Waals surface area contributed by atoms with E-state index in [1.807, 2.05) is 24.3 Å². The van der Waals surface area contributed by atoms with Gasteiger partial charge in [-0.05, 0) is 71.5 Å². The van der Waals surface area contributed by atoms with Crippen LogP contribution in [0.4, 0.5) is 0 Å². The molecule has 3 fully saturated rings. The van der Waals surface area contributed by atoms with Crippen molar-refractivity contribution < 1.29 is 4.79 Å². The largest absolute Gasteiger partial charge is 0.272 e. The van der Waals surface area contributed by atoms with E-state index in [1.165, 1.54) is 44.2 Å². The zero-order valence-corrected chi connectivity index (χ0v) is 14.9. The van der Waals surface area contributed by atoms with Gasteiger partial charge in [-0.3, -0.25) is 4.79 Å². The van der Waals surface area contributed by atoms with E-state index < -0.39 is 0 Å². The third-order valence-corrected chi connectivity index (χ3v) is 6.83. The minimum atomic E-state index is -0.120. The standard InChI is InChI=1S/C19H23BrN2O/c20-16-9-5-4-8-15(16)19(23)22-21-17-11-10-14-12-6-2-1-3-7-13(12)18(14)17/h4-5,8-9,12-14,18H,1-3,6-7,10-11H2,(H,22,23)/b21-17+/t12-,13-,14?,18-/m0/s1. The Morgan fingerprint density at radius 1 is 1.04 bits per heavy atom. The van der Waals surface area contributed by atoms with E-state index >= 15 is 0 Å². The van der Waals surface area contributed by atoms with Crippen molar-refractivity contribution in [1.29, 1.82) is 0 Å². The van der Waals surface area contributed by atoms with Crippen LogP contribution in [-0.4, -0.2) is 11.6 Å². The molecule has 0 saturated heterocycles. The Kier molecular flexibility index (Phi) is 4.27. The molecular formula is C19H23BrN2O. The lowest BCUT2D eigenvalue weighted by Crippen LogP contribution is -2.46. The van der Waals surface area contributed by atoms with Crippen molar-refractivity contribution in [3.8, 4) is 0 Å². The highest BCUT2D eigenvalue weighted by atomic mass is 79.9. The van der Waals surface area contributed by atoms with Gasteiger partial charge in [0.15, 0.2) is 0 Å². The van der Waals surface area contributed by atoms with Gasteiger partial charge in [0.25, 0.3) is 5.91 Å². The predicted molar refractivity (Wildman–Crippen MR) is 95.3 cm³/mol. The summed E-state index contributed by atoms with van der Waals surface area (Å²) in [6, 6.07) is 7.49. The summed E-state index contributed by atoms with van der Waals surface area (Å²) in [4.78, 5) is 12.3. The van der Waals surface area contributed by atoms with Crippen LogP contribution in [0.2, 0.25) is 0 Å². The van der Waals surface area contributed by atoms with E-state index in [-0.39, 0.29) is 5.91 Å². The van der Waals surface area contributed by atoms with Crippen molar-refractivity contribution in [3.63, 3.8) is 0 Å². The zero-order valence-electron chi connectivity index (χ0n) is 13.3. The minimum Gasteiger partial charge on any atom is -0.267 e. The molecule has 0 heterocycles. The smallest absolute Gasteiger partial charge is 0.267 e. The highest BCUT2D eigenvalue weighted by Crippen LogP contribution is 2.58. The molecule has 1 aromatic carbocycles. The molecule has 4 heteroatoms. The number of nitrogens with zero attached hydrogens (tertiary/aromatic N) is 1. The molecule has 1 N–H and O–H groups in total. The third-order valence-electron chi connectivity index (χ3n) is 6.14. The molecule has 4 atom stereocenters. The summed E-state index contributed by atoms with van der Waals surface area (Å²) in [5.74, 6) is 3.15. The van der Waals surface area contributed by atoms with Crippen LogP contribution in [0, 0.1) is 23.7 Å². The van der Waals surface area contributed by atoms with Gasteiger partial charge in [-0.1, -0.05) is 31.4 Å². The summed E-state index contributed by atoms with van der Waals surface area (Å²) in [5.41, 5.74) is 4.69. The Balaban J connectivity index is 1.45. The van der Waals surface area contributed by atoms with Crippen LogP contribution in [0.25, 0.3) is 0 Å². The number of benzene rings is 1. The van der Waals surface area contributed by atoms with E-state index in [9.17, 15) is 4.79 Å². The van der Waals surface area contributed by atoms with Crippen LogP contribution < -0.4 is 5.43 Å². The Morgan fingerprint density at radius 3 is 2.61 bits per heavy atom. The quantitative estimate of drug-likeness (QED) is 0.744. The lowest BCUT2D eigenvalue weighted by atomic mass is 9.56. The van der Waals surface area contributed by atoms with Gasteiger partial charge < -0.3 is 0 Å². The summed E-state index contributed by atoms with van der Waals surface area (Å²) in [6.07, 6.45) is 9.31. The van der Waals surface area contributed by atoms with Crippen LogP contribution in [0.15, 0.2) is 33.8 Å². The summed E-state index contributed by atoms with van der Waals surface area (Å²) in [5, 5.41) is 4.54. The van der Waals surface area contributed by atoms with E-state index in [1.54, 1.807) is 0 Å². The first-order chi connectivity index (χ1) is 11.3. The second-order valence-corrected chi connectivity index (χ2v) is 8.07. The third kappa shape index (κ3) is 2.75. The SMILES string of the molecule is O=C(N/N=C1\CCC2[C@H]3CCCCC[C@@H]3[C@H]12)c1ccccc1Br.